The lowest BCUT2D eigenvalue weighted by molar-refractivity contribution is 0.410. The molecule has 2 atom stereocenters. The molecular weight excluding hydrogens is 204 g/mol. The molecule has 0 aromatic rings. The standard InChI is InChI=1S/C12H26N2S/c1-12(2,3)14-9-8-13-10-6-5-7-11(10)15-4/h10-11,13-14H,5-9H2,1-4H3. The number of nitrogens with one attached hydrogen (secondary N) is 2. The Balaban J connectivity index is 2.09. The van der Waals surface area contributed by atoms with Gasteiger partial charge in [-0.05, 0) is 39.9 Å². The third kappa shape index (κ3) is 5.23. The van der Waals surface area contributed by atoms with Crippen molar-refractivity contribution in [1.29, 1.82) is 0 Å². The van der Waals surface area contributed by atoms with Crippen LogP contribution in [0.1, 0.15) is 40.0 Å². The Labute approximate surface area is 99.0 Å². The highest BCUT2D eigenvalue weighted by molar-refractivity contribution is 7.99. The number of hydrogen-bond donors (Lipinski definition) is 2. The molecule has 1 aliphatic carbocycles. The van der Waals surface area contributed by atoms with E-state index < -0.39 is 0 Å². The third-order valence-electron chi connectivity index (χ3n) is 2.94. The topological polar surface area (TPSA) is 24.1 Å². The first-order valence-electron chi connectivity index (χ1n) is 6.04. The quantitative estimate of drug-likeness (QED) is 0.708. The summed E-state index contributed by atoms with van der Waals surface area (Å²) >= 11 is 2.02. The lowest BCUT2D eigenvalue weighted by Gasteiger charge is -2.23. The van der Waals surface area contributed by atoms with E-state index in [4.69, 9.17) is 0 Å². The zero-order valence-electron chi connectivity index (χ0n) is 10.6. The van der Waals surface area contributed by atoms with Gasteiger partial charge in [-0.3, -0.25) is 0 Å². The van der Waals surface area contributed by atoms with Gasteiger partial charge in [-0.15, -0.1) is 0 Å². The number of thioether (sulfide) groups is 1. The molecule has 0 radical (unpaired) electrons. The van der Waals surface area contributed by atoms with Gasteiger partial charge in [0.25, 0.3) is 0 Å². The SMILES string of the molecule is CSC1CCCC1NCCNC(C)(C)C. The van der Waals surface area contributed by atoms with Crippen molar-refractivity contribution in [3.05, 3.63) is 0 Å². The average molecular weight is 230 g/mol. The Morgan fingerprint density at radius 2 is 1.93 bits per heavy atom. The van der Waals surface area contributed by atoms with E-state index in [9.17, 15) is 0 Å². The molecule has 0 bridgehead atoms. The van der Waals surface area contributed by atoms with E-state index in [0.29, 0.717) is 0 Å². The lowest BCUT2D eigenvalue weighted by atomic mass is 10.1. The van der Waals surface area contributed by atoms with Crippen molar-refractivity contribution >= 4 is 11.8 Å². The summed E-state index contributed by atoms with van der Waals surface area (Å²) in [6, 6.07) is 0.752. The second kappa shape index (κ2) is 6.12. The molecule has 0 amide bonds. The van der Waals surface area contributed by atoms with E-state index in [0.717, 1.165) is 24.4 Å². The van der Waals surface area contributed by atoms with Gasteiger partial charge in [-0.1, -0.05) is 6.42 Å². The van der Waals surface area contributed by atoms with E-state index in [1.807, 2.05) is 11.8 Å². The molecule has 0 aromatic heterocycles. The van der Waals surface area contributed by atoms with Crippen LogP contribution in [0, 0.1) is 0 Å². The van der Waals surface area contributed by atoms with Gasteiger partial charge < -0.3 is 10.6 Å². The van der Waals surface area contributed by atoms with Crippen LogP contribution in [0.4, 0.5) is 0 Å². The molecule has 0 saturated heterocycles. The highest BCUT2D eigenvalue weighted by Crippen LogP contribution is 2.28. The summed E-state index contributed by atoms with van der Waals surface area (Å²) < 4.78 is 0. The van der Waals surface area contributed by atoms with E-state index in [1.165, 1.54) is 19.3 Å². The van der Waals surface area contributed by atoms with Crippen LogP contribution >= 0.6 is 11.8 Å². The third-order valence-corrected chi connectivity index (χ3v) is 4.11. The van der Waals surface area contributed by atoms with Crippen LogP contribution in [-0.2, 0) is 0 Å². The lowest BCUT2D eigenvalue weighted by Crippen LogP contribution is -2.43. The van der Waals surface area contributed by atoms with E-state index in [2.05, 4.69) is 37.7 Å². The van der Waals surface area contributed by atoms with Crippen molar-refractivity contribution < 1.29 is 0 Å². The minimum absolute atomic E-state index is 0.246. The molecule has 90 valence electrons. The molecule has 2 N–H and O–H groups in total. The van der Waals surface area contributed by atoms with E-state index >= 15 is 0 Å². The maximum absolute atomic E-state index is 3.67. The van der Waals surface area contributed by atoms with Crippen LogP contribution in [-0.4, -0.2) is 36.2 Å². The van der Waals surface area contributed by atoms with Gasteiger partial charge in [0.15, 0.2) is 0 Å². The number of rotatable bonds is 5. The van der Waals surface area contributed by atoms with Crippen LogP contribution in [0.5, 0.6) is 0 Å². The molecule has 0 aromatic carbocycles. The van der Waals surface area contributed by atoms with Crippen molar-refractivity contribution in [2.45, 2.75) is 56.9 Å². The molecule has 2 unspecified atom stereocenters. The monoisotopic (exact) mass is 230 g/mol. The smallest absolute Gasteiger partial charge is 0.0198 e. The molecule has 3 heteroatoms. The van der Waals surface area contributed by atoms with Gasteiger partial charge >= 0.3 is 0 Å². The largest absolute Gasteiger partial charge is 0.312 e. The Bertz CT molecular complexity index is 177. The summed E-state index contributed by atoms with van der Waals surface area (Å²) in [6.45, 7) is 8.81. The van der Waals surface area contributed by atoms with Crippen LogP contribution < -0.4 is 10.6 Å². The van der Waals surface area contributed by atoms with Gasteiger partial charge in [0, 0.05) is 29.9 Å². The molecule has 1 saturated carbocycles. The average Bonchev–Trinajstić information content (AvgIpc) is 2.58. The molecule has 0 spiro atoms. The summed E-state index contributed by atoms with van der Waals surface area (Å²) in [4.78, 5) is 0. The second-order valence-corrected chi connectivity index (χ2v) is 6.52. The van der Waals surface area contributed by atoms with Crippen molar-refractivity contribution in [3.63, 3.8) is 0 Å². The molecule has 1 fully saturated rings. The van der Waals surface area contributed by atoms with Crippen molar-refractivity contribution in [1.82, 2.24) is 10.6 Å². The van der Waals surface area contributed by atoms with Crippen LogP contribution in [0.15, 0.2) is 0 Å². The molecular formula is C12H26N2S. The summed E-state index contributed by atoms with van der Waals surface area (Å²) in [5, 5.41) is 8.03. The predicted molar refractivity (Wildman–Crippen MR) is 70.7 cm³/mol. The van der Waals surface area contributed by atoms with E-state index in [-0.39, 0.29) is 5.54 Å². The van der Waals surface area contributed by atoms with Crippen LogP contribution in [0.2, 0.25) is 0 Å². The summed E-state index contributed by atoms with van der Waals surface area (Å²) in [5.41, 5.74) is 0.246. The summed E-state index contributed by atoms with van der Waals surface area (Å²) in [6.07, 6.45) is 6.39. The van der Waals surface area contributed by atoms with Gasteiger partial charge in [0.1, 0.15) is 0 Å². The Morgan fingerprint density at radius 1 is 1.20 bits per heavy atom. The highest BCUT2D eigenvalue weighted by atomic mass is 32.2. The van der Waals surface area contributed by atoms with Gasteiger partial charge in [-0.2, -0.15) is 11.8 Å². The van der Waals surface area contributed by atoms with Crippen LogP contribution in [0.3, 0.4) is 0 Å². The predicted octanol–water partition coefficient (Wildman–Crippen LogP) is 2.25. The highest BCUT2D eigenvalue weighted by Gasteiger charge is 2.25. The fourth-order valence-corrected chi connectivity index (χ4v) is 3.10. The van der Waals surface area contributed by atoms with Crippen molar-refractivity contribution in [3.8, 4) is 0 Å². The zero-order valence-corrected chi connectivity index (χ0v) is 11.4. The molecule has 0 aliphatic heterocycles. The zero-order chi connectivity index (χ0) is 11.3. The fourth-order valence-electron chi connectivity index (χ4n) is 2.14. The molecule has 1 aliphatic rings. The summed E-state index contributed by atoms with van der Waals surface area (Å²) in [7, 11) is 0. The minimum atomic E-state index is 0.246. The molecule has 2 nitrogen and oxygen atoms in total. The van der Waals surface area contributed by atoms with E-state index in [1.54, 1.807) is 0 Å². The normalized spacial score (nSPS) is 27.2. The van der Waals surface area contributed by atoms with Gasteiger partial charge in [0.05, 0.1) is 0 Å². The fraction of sp³-hybridized carbons (Fsp3) is 1.00. The van der Waals surface area contributed by atoms with Gasteiger partial charge in [-0.25, -0.2) is 0 Å². The van der Waals surface area contributed by atoms with Crippen LogP contribution in [0.25, 0.3) is 0 Å². The number of hydrogen-bond acceptors (Lipinski definition) is 3. The molecule has 0 heterocycles. The first-order valence-corrected chi connectivity index (χ1v) is 7.33. The minimum Gasteiger partial charge on any atom is -0.312 e. The van der Waals surface area contributed by atoms with Gasteiger partial charge in [0.2, 0.25) is 0 Å². The Hall–Kier alpha value is 0.270. The second-order valence-electron chi connectivity index (χ2n) is 5.44. The first-order chi connectivity index (χ1) is 7.03. The van der Waals surface area contributed by atoms with Crippen molar-refractivity contribution in [2.24, 2.45) is 0 Å². The summed E-state index contributed by atoms with van der Waals surface area (Å²) in [5.74, 6) is 0. The Morgan fingerprint density at radius 3 is 2.53 bits per heavy atom. The first kappa shape index (κ1) is 13.3. The van der Waals surface area contributed by atoms with Crippen molar-refractivity contribution in [2.75, 3.05) is 19.3 Å². The molecule has 1 rings (SSSR count). The Kier molecular flexibility index (Phi) is 5.44. The molecule has 15 heavy (non-hydrogen) atoms. The maximum atomic E-state index is 3.67. The maximum Gasteiger partial charge on any atom is 0.0198 e.